The smallest absolute Gasteiger partial charge is 0.142 e. The lowest BCUT2D eigenvalue weighted by Crippen LogP contribution is -2.21. The molecular weight excluding hydrogens is 256 g/mol. The predicted molar refractivity (Wildman–Crippen MR) is 76.3 cm³/mol. The Morgan fingerprint density at radius 3 is 3.05 bits per heavy atom. The third-order valence-electron chi connectivity index (χ3n) is 4.13. The predicted octanol–water partition coefficient (Wildman–Crippen LogP) is 2.94. The van der Waals surface area contributed by atoms with Gasteiger partial charge in [0.05, 0.1) is 30.0 Å². The molecule has 4 rings (SSSR count). The lowest BCUT2D eigenvalue weighted by molar-refractivity contribution is 0.490. The minimum Gasteiger partial charge on any atom is -0.326 e. The molecule has 0 radical (unpaired) electrons. The zero-order valence-electron chi connectivity index (χ0n) is 11.1. The van der Waals surface area contributed by atoms with E-state index in [2.05, 4.69) is 14.9 Å². The molecule has 1 fully saturated rings. The van der Waals surface area contributed by atoms with Gasteiger partial charge in [0.2, 0.25) is 0 Å². The fraction of sp³-hybridized carbons (Fsp3) is 0.571. The van der Waals surface area contributed by atoms with Crippen LogP contribution >= 0.6 is 11.3 Å². The third kappa shape index (κ3) is 1.92. The van der Waals surface area contributed by atoms with Gasteiger partial charge in [-0.15, -0.1) is 11.3 Å². The second-order valence-corrected chi connectivity index (χ2v) is 6.56. The number of aromatic nitrogens is 3. The molecule has 2 heterocycles. The van der Waals surface area contributed by atoms with Crippen molar-refractivity contribution < 1.29 is 0 Å². The molecule has 0 saturated heterocycles. The quantitative estimate of drug-likeness (QED) is 0.935. The monoisotopic (exact) mass is 274 g/mol. The van der Waals surface area contributed by atoms with Crippen LogP contribution in [0.1, 0.15) is 48.3 Å². The Morgan fingerprint density at radius 1 is 1.37 bits per heavy atom. The first-order valence-corrected chi connectivity index (χ1v) is 7.87. The van der Waals surface area contributed by atoms with Crippen molar-refractivity contribution in [3.8, 4) is 10.7 Å². The Bertz CT molecular complexity index is 596. The van der Waals surface area contributed by atoms with E-state index in [-0.39, 0.29) is 0 Å². The van der Waals surface area contributed by atoms with Gasteiger partial charge < -0.3 is 9.88 Å². The summed E-state index contributed by atoms with van der Waals surface area (Å²) < 4.78 is 2.30. The summed E-state index contributed by atoms with van der Waals surface area (Å²) in [6, 6.07) is 1.10. The highest BCUT2D eigenvalue weighted by Gasteiger charge is 2.28. The summed E-state index contributed by atoms with van der Waals surface area (Å²) in [6.07, 6.45) is 10.2. The highest BCUT2D eigenvalue weighted by Crippen LogP contribution is 2.41. The van der Waals surface area contributed by atoms with Crippen molar-refractivity contribution in [1.29, 1.82) is 0 Å². The summed E-state index contributed by atoms with van der Waals surface area (Å²) in [7, 11) is 2.03. The molecule has 0 aliphatic heterocycles. The minimum absolute atomic E-state index is 0.436. The SMILES string of the molecule is CNC1CCCc2sc(-c3cncn3C3CC3)nc21. The highest BCUT2D eigenvalue weighted by molar-refractivity contribution is 7.15. The van der Waals surface area contributed by atoms with Gasteiger partial charge in [-0.1, -0.05) is 0 Å². The molecule has 1 N–H and O–H groups in total. The molecule has 2 aliphatic rings. The van der Waals surface area contributed by atoms with Crippen LogP contribution in [0.3, 0.4) is 0 Å². The van der Waals surface area contributed by atoms with Crippen LogP contribution in [0.25, 0.3) is 10.7 Å². The van der Waals surface area contributed by atoms with E-state index in [0.717, 1.165) is 5.01 Å². The number of hydrogen-bond acceptors (Lipinski definition) is 4. The molecule has 0 spiro atoms. The second kappa shape index (κ2) is 4.42. The van der Waals surface area contributed by atoms with Crippen LogP contribution in [-0.2, 0) is 6.42 Å². The van der Waals surface area contributed by atoms with Crippen molar-refractivity contribution in [2.75, 3.05) is 7.05 Å². The topological polar surface area (TPSA) is 42.7 Å². The van der Waals surface area contributed by atoms with Crippen molar-refractivity contribution in [2.24, 2.45) is 0 Å². The highest BCUT2D eigenvalue weighted by atomic mass is 32.1. The molecule has 0 bridgehead atoms. The van der Waals surface area contributed by atoms with Crippen LogP contribution in [0.5, 0.6) is 0 Å². The standard InChI is InChI=1S/C14H18N4S/c1-15-10-3-2-4-12-13(10)17-14(19-12)11-7-16-8-18(11)9-5-6-9/h7-10,15H,2-6H2,1H3. The van der Waals surface area contributed by atoms with Gasteiger partial charge in [-0.2, -0.15) is 0 Å². The molecule has 4 nitrogen and oxygen atoms in total. The van der Waals surface area contributed by atoms with Crippen molar-refractivity contribution in [3.63, 3.8) is 0 Å². The van der Waals surface area contributed by atoms with E-state index in [1.165, 1.54) is 48.4 Å². The zero-order chi connectivity index (χ0) is 12.8. The molecular formula is C14H18N4S. The molecule has 1 atom stereocenters. The van der Waals surface area contributed by atoms with Crippen molar-refractivity contribution in [3.05, 3.63) is 23.1 Å². The number of rotatable bonds is 3. The van der Waals surface area contributed by atoms with Gasteiger partial charge >= 0.3 is 0 Å². The summed E-state index contributed by atoms with van der Waals surface area (Å²) in [5, 5.41) is 4.54. The molecule has 100 valence electrons. The molecule has 1 saturated carbocycles. The molecule has 0 amide bonds. The summed E-state index contributed by atoms with van der Waals surface area (Å²) in [5.41, 5.74) is 2.48. The first-order valence-electron chi connectivity index (χ1n) is 7.06. The van der Waals surface area contributed by atoms with Gasteiger partial charge in [-0.3, -0.25) is 0 Å². The number of imidazole rings is 1. The van der Waals surface area contributed by atoms with Crippen molar-refractivity contribution >= 4 is 11.3 Å². The van der Waals surface area contributed by atoms with Gasteiger partial charge in [0, 0.05) is 10.9 Å². The van der Waals surface area contributed by atoms with E-state index in [9.17, 15) is 0 Å². The maximum absolute atomic E-state index is 4.91. The second-order valence-electron chi connectivity index (χ2n) is 5.48. The lowest BCUT2D eigenvalue weighted by atomic mass is 9.98. The van der Waals surface area contributed by atoms with Crippen LogP contribution in [0.15, 0.2) is 12.5 Å². The maximum Gasteiger partial charge on any atom is 0.142 e. The Hall–Kier alpha value is -1.20. The maximum atomic E-state index is 4.91. The van der Waals surface area contributed by atoms with Crippen LogP contribution in [0, 0.1) is 0 Å². The van der Waals surface area contributed by atoms with Crippen LogP contribution in [0.2, 0.25) is 0 Å². The molecule has 5 heteroatoms. The fourth-order valence-corrected chi connectivity index (χ4v) is 4.10. The fourth-order valence-electron chi connectivity index (χ4n) is 2.92. The summed E-state index contributed by atoms with van der Waals surface area (Å²) >= 11 is 1.86. The van der Waals surface area contributed by atoms with Gasteiger partial charge in [0.1, 0.15) is 5.01 Å². The average molecular weight is 274 g/mol. The van der Waals surface area contributed by atoms with E-state index in [1.54, 1.807) is 0 Å². The molecule has 19 heavy (non-hydrogen) atoms. The lowest BCUT2D eigenvalue weighted by Gasteiger charge is -2.19. The minimum atomic E-state index is 0.436. The number of aryl methyl sites for hydroxylation is 1. The Kier molecular flexibility index (Phi) is 2.70. The molecule has 1 unspecified atom stereocenters. The Morgan fingerprint density at radius 2 is 2.26 bits per heavy atom. The van der Waals surface area contributed by atoms with E-state index in [0.29, 0.717) is 12.1 Å². The van der Waals surface area contributed by atoms with E-state index >= 15 is 0 Å². The van der Waals surface area contributed by atoms with Gasteiger partial charge in [0.15, 0.2) is 0 Å². The van der Waals surface area contributed by atoms with Crippen molar-refractivity contribution in [1.82, 2.24) is 19.9 Å². The summed E-state index contributed by atoms with van der Waals surface area (Å²) in [5.74, 6) is 0. The number of hydrogen-bond donors (Lipinski definition) is 1. The first kappa shape index (κ1) is 11.6. The van der Waals surface area contributed by atoms with Gasteiger partial charge in [-0.05, 0) is 39.2 Å². The number of nitrogens with zero attached hydrogens (tertiary/aromatic N) is 3. The molecule has 2 aromatic heterocycles. The largest absolute Gasteiger partial charge is 0.326 e. The van der Waals surface area contributed by atoms with Crippen LogP contribution < -0.4 is 5.32 Å². The van der Waals surface area contributed by atoms with Crippen LogP contribution in [-0.4, -0.2) is 21.6 Å². The average Bonchev–Trinajstić information content (AvgIpc) is 3.01. The van der Waals surface area contributed by atoms with E-state index < -0.39 is 0 Å². The zero-order valence-corrected chi connectivity index (χ0v) is 11.9. The van der Waals surface area contributed by atoms with Gasteiger partial charge in [-0.25, -0.2) is 9.97 Å². The Balaban J connectivity index is 1.75. The number of fused-ring (bicyclic) bond motifs is 1. The third-order valence-corrected chi connectivity index (χ3v) is 5.28. The normalized spacial score (nSPS) is 22.5. The number of thiazole rings is 1. The molecule has 0 aromatic carbocycles. The molecule has 2 aliphatic carbocycles. The summed E-state index contributed by atoms with van der Waals surface area (Å²) in [4.78, 5) is 10.7. The van der Waals surface area contributed by atoms with E-state index in [1.807, 2.05) is 30.9 Å². The molecule has 2 aromatic rings. The summed E-state index contributed by atoms with van der Waals surface area (Å²) in [6.45, 7) is 0. The van der Waals surface area contributed by atoms with E-state index in [4.69, 9.17) is 4.98 Å². The first-order chi connectivity index (χ1) is 9.36. The number of nitrogens with one attached hydrogen (secondary N) is 1. The van der Waals surface area contributed by atoms with Gasteiger partial charge in [0.25, 0.3) is 0 Å². The Labute approximate surface area is 116 Å². The van der Waals surface area contributed by atoms with Crippen LogP contribution in [0.4, 0.5) is 0 Å². The van der Waals surface area contributed by atoms with Crippen molar-refractivity contribution in [2.45, 2.75) is 44.2 Å².